The molecule has 1 aromatic carbocycles. The van der Waals surface area contributed by atoms with Crippen molar-refractivity contribution in [1.82, 2.24) is 4.98 Å². The second kappa shape index (κ2) is 5.53. The maximum absolute atomic E-state index is 13.6. The Kier molecular flexibility index (Phi) is 3.79. The average Bonchev–Trinajstić information content (AvgIpc) is 2.41. The number of pyridine rings is 1. The second-order valence-corrected chi connectivity index (χ2v) is 4.01. The Balaban J connectivity index is 2.36. The summed E-state index contributed by atoms with van der Waals surface area (Å²) in [5.74, 6) is -4.77. The highest BCUT2D eigenvalue weighted by atomic mass is 19.1. The first kappa shape index (κ1) is 14.4. The fraction of sp³-hybridized carbons (Fsp3) is 0. The fourth-order valence-electron chi connectivity index (χ4n) is 1.60. The highest BCUT2D eigenvalue weighted by Gasteiger charge is 2.18. The van der Waals surface area contributed by atoms with Gasteiger partial charge in [-0.15, -0.1) is 0 Å². The first-order valence-electron chi connectivity index (χ1n) is 5.64. The third-order valence-electron chi connectivity index (χ3n) is 2.59. The molecule has 0 bridgehead atoms. The number of carbonyl (C=O) groups excluding carboxylic acids is 1. The average molecular weight is 293 g/mol. The minimum atomic E-state index is -1.58. The molecular weight excluding hydrogens is 284 g/mol. The third-order valence-corrected chi connectivity index (χ3v) is 2.59. The number of anilines is 2. The van der Waals surface area contributed by atoms with Crippen molar-refractivity contribution in [2.75, 3.05) is 11.1 Å². The van der Waals surface area contributed by atoms with Crippen LogP contribution in [-0.2, 0) is 0 Å². The van der Waals surface area contributed by atoms with Crippen molar-refractivity contribution < 1.29 is 23.5 Å². The third kappa shape index (κ3) is 2.94. The van der Waals surface area contributed by atoms with Crippen LogP contribution in [-0.4, -0.2) is 22.0 Å². The molecule has 6 nitrogen and oxygen atoms in total. The SMILES string of the molecule is Nc1cccnc1C(=O)Nc1cc(C(=O)O)c(F)cc1F. The van der Waals surface area contributed by atoms with E-state index in [9.17, 15) is 18.4 Å². The summed E-state index contributed by atoms with van der Waals surface area (Å²) in [6, 6.07) is 3.99. The zero-order valence-corrected chi connectivity index (χ0v) is 10.4. The second-order valence-electron chi connectivity index (χ2n) is 4.01. The number of aromatic carboxylic acids is 1. The molecule has 1 aromatic heterocycles. The summed E-state index contributed by atoms with van der Waals surface area (Å²) in [4.78, 5) is 26.4. The number of nitrogen functional groups attached to an aromatic ring is 1. The lowest BCUT2D eigenvalue weighted by atomic mass is 10.1. The van der Waals surface area contributed by atoms with E-state index >= 15 is 0 Å². The molecule has 0 saturated heterocycles. The van der Waals surface area contributed by atoms with Crippen LogP contribution in [0.5, 0.6) is 0 Å². The van der Waals surface area contributed by atoms with Gasteiger partial charge in [-0.05, 0) is 18.2 Å². The number of carboxylic acid groups (broad SMARTS) is 1. The number of rotatable bonds is 3. The molecule has 0 radical (unpaired) electrons. The monoisotopic (exact) mass is 293 g/mol. The molecule has 0 unspecified atom stereocenters. The van der Waals surface area contributed by atoms with Crippen LogP contribution in [0, 0.1) is 11.6 Å². The molecule has 2 aromatic rings. The van der Waals surface area contributed by atoms with Crippen LogP contribution in [0.15, 0.2) is 30.5 Å². The molecule has 0 aliphatic heterocycles. The predicted molar refractivity (Wildman–Crippen MR) is 69.9 cm³/mol. The van der Waals surface area contributed by atoms with Crippen molar-refractivity contribution in [1.29, 1.82) is 0 Å². The van der Waals surface area contributed by atoms with Gasteiger partial charge in [-0.3, -0.25) is 4.79 Å². The van der Waals surface area contributed by atoms with E-state index in [0.29, 0.717) is 12.1 Å². The van der Waals surface area contributed by atoms with Gasteiger partial charge in [0.1, 0.15) is 11.6 Å². The molecule has 2 rings (SSSR count). The Hall–Kier alpha value is -3.03. The van der Waals surface area contributed by atoms with Crippen molar-refractivity contribution in [3.8, 4) is 0 Å². The van der Waals surface area contributed by atoms with E-state index < -0.39 is 34.8 Å². The number of nitrogens with zero attached hydrogens (tertiary/aromatic N) is 1. The van der Waals surface area contributed by atoms with E-state index in [2.05, 4.69) is 10.3 Å². The van der Waals surface area contributed by atoms with Crippen LogP contribution in [0.4, 0.5) is 20.2 Å². The molecule has 0 aliphatic rings. The van der Waals surface area contributed by atoms with Gasteiger partial charge in [0.15, 0.2) is 5.69 Å². The quantitative estimate of drug-likeness (QED) is 0.801. The maximum atomic E-state index is 13.6. The van der Waals surface area contributed by atoms with Gasteiger partial charge in [-0.2, -0.15) is 0 Å². The summed E-state index contributed by atoms with van der Waals surface area (Å²) >= 11 is 0. The van der Waals surface area contributed by atoms with E-state index in [-0.39, 0.29) is 11.4 Å². The summed E-state index contributed by atoms with van der Waals surface area (Å²) in [7, 11) is 0. The lowest BCUT2D eigenvalue weighted by Crippen LogP contribution is -2.17. The normalized spacial score (nSPS) is 10.2. The van der Waals surface area contributed by atoms with E-state index in [1.807, 2.05) is 0 Å². The number of hydrogen-bond acceptors (Lipinski definition) is 4. The fourth-order valence-corrected chi connectivity index (χ4v) is 1.60. The molecule has 108 valence electrons. The lowest BCUT2D eigenvalue weighted by molar-refractivity contribution is 0.0691. The van der Waals surface area contributed by atoms with Crippen LogP contribution < -0.4 is 11.1 Å². The Bertz CT molecular complexity index is 735. The van der Waals surface area contributed by atoms with E-state index in [1.165, 1.54) is 18.3 Å². The molecule has 0 spiro atoms. The number of nitrogens with two attached hydrogens (primary N) is 1. The number of hydrogen-bond donors (Lipinski definition) is 3. The number of nitrogens with one attached hydrogen (secondary N) is 1. The summed E-state index contributed by atoms with van der Waals surface area (Å²) in [5.41, 5.74) is 4.21. The van der Waals surface area contributed by atoms with Crippen LogP contribution in [0.25, 0.3) is 0 Å². The van der Waals surface area contributed by atoms with Crippen LogP contribution in [0.3, 0.4) is 0 Å². The van der Waals surface area contributed by atoms with Gasteiger partial charge in [0.05, 0.1) is 16.9 Å². The molecule has 1 heterocycles. The maximum Gasteiger partial charge on any atom is 0.338 e. The van der Waals surface area contributed by atoms with E-state index in [0.717, 1.165) is 0 Å². The molecule has 0 aliphatic carbocycles. The van der Waals surface area contributed by atoms with Crippen LogP contribution in [0.2, 0.25) is 0 Å². The standard InChI is InChI=1S/C13H9F2N3O3/c14-7-5-8(15)10(4-6(7)13(20)21)18-12(19)11-9(16)2-1-3-17-11/h1-5H,16H2,(H,18,19)(H,20,21). The zero-order valence-electron chi connectivity index (χ0n) is 10.4. The Labute approximate surface area is 117 Å². The van der Waals surface area contributed by atoms with Gasteiger partial charge in [-0.1, -0.05) is 0 Å². The molecular formula is C13H9F2N3O3. The molecule has 8 heteroatoms. The molecule has 1 amide bonds. The predicted octanol–water partition coefficient (Wildman–Crippen LogP) is 1.89. The van der Waals surface area contributed by atoms with Crippen molar-refractivity contribution >= 4 is 23.3 Å². The zero-order chi connectivity index (χ0) is 15.6. The summed E-state index contributed by atoms with van der Waals surface area (Å²) in [6.45, 7) is 0. The number of benzene rings is 1. The Morgan fingerprint density at radius 1 is 1.24 bits per heavy atom. The van der Waals surface area contributed by atoms with Crippen LogP contribution >= 0.6 is 0 Å². The molecule has 0 fully saturated rings. The lowest BCUT2D eigenvalue weighted by Gasteiger charge is -2.09. The van der Waals surface area contributed by atoms with Crippen LogP contribution in [0.1, 0.15) is 20.8 Å². The van der Waals surface area contributed by atoms with Gasteiger partial charge >= 0.3 is 5.97 Å². The number of amides is 1. The van der Waals surface area contributed by atoms with Gasteiger partial charge < -0.3 is 16.2 Å². The summed E-state index contributed by atoms with van der Waals surface area (Å²) in [5, 5.41) is 10.9. The van der Waals surface area contributed by atoms with Gasteiger partial charge in [0.2, 0.25) is 0 Å². The van der Waals surface area contributed by atoms with Gasteiger partial charge in [-0.25, -0.2) is 18.6 Å². The Morgan fingerprint density at radius 3 is 2.57 bits per heavy atom. The Morgan fingerprint density at radius 2 is 1.95 bits per heavy atom. The summed E-state index contributed by atoms with van der Waals surface area (Å²) < 4.78 is 26.8. The minimum Gasteiger partial charge on any atom is -0.478 e. The van der Waals surface area contributed by atoms with Gasteiger partial charge in [0.25, 0.3) is 5.91 Å². The topological polar surface area (TPSA) is 105 Å². The highest BCUT2D eigenvalue weighted by molar-refractivity contribution is 6.06. The van der Waals surface area contributed by atoms with E-state index in [1.54, 1.807) is 0 Å². The molecule has 0 atom stereocenters. The largest absolute Gasteiger partial charge is 0.478 e. The van der Waals surface area contributed by atoms with E-state index in [4.69, 9.17) is 10.8 Å². The number of carboxylic acids is 1. The molecule has 0 saturated carbocycles. The van der Waals surface area contributed by atoms with Crippen molar-refractivity contribution in [2.24, 2.45) is 0 Å². The highest BCUT2D eigenvalue weighted by Crippen LogP contribution is 2.21. The molecule has 21 heavy (non-hydrogen) atoms. The minimum absolute atomic E-state index is 0.0657. The van der Waals surface area contributed by atoms with Crippen molar-refractivity contribution in [2.45, 2.75) is 0 Å². The first-order chi connectivity index (χ1) is 9.90. The van der Waals surface area contributed by atoms with Crippen molar-refractivity contribution in [3.63, 3.8) is 0 Å². The summed E-state index contributed by atoms with van der Waals surface area (Å²) in [6.07, 6.45) is 1.31. The molecule has 4 N–H and O–H groups in total. The number of halogens is 2. The first-order valence-corrected chi connectivity index (χ1v) is 5.64. The number of aromatic nitrogens is 1. The van der Waals surface area contributed by atoms with Crippen molar-refractivity contribution in [3.05, 3.63) is 53.4 Å². The smallest absolute Gasteiger partial charge is 0.338 e. The number of carbonyl (C=O) groups is 2. The van der Waals surface area contributed by atoms with Gasteiger partial charge in [0, 0.05) is 12.3 Å².